The van der Waals surface area contributed by atoms with E-state index in [0.29, 0.717) is 5.69 Å². The highest BCUT2D eigenvalue weighted by atomic mass is 19.4. The first-order valence-corrected chi connectivity index (χ1v) is 5.38. The molecule has 8 heteroatoms. The lowest BCUT2D eigenvalue weighted by Gasteiger charge is -2.20. The van der Waals surface area contributed by atoms with E-state index in [2.05, 4.69) is 15.4 Å². The van der Waals surface area contributed by atoms with Crippen molar-refractivity contribution in [1.29, 1.82) is 0 Å². The molecule has 3 N–H and O–H groups in total. The van der Waals surface area contributed by atoms with Crippen molar-refractivity contribution in [2.75, 3.05) is 0 Å². The molecule has 2 rings (SSSR count). The maximum absolute atomic E-state index is 13.0. The molecule has 0 aliphatic heterocycles. The van der Waals surface area contributed by atoms with Crippen LogP contribution in [-0.2, 0) is 13.2 Å². The van der Waals surface area contributed by atoms with Crippen molar-refractivity contribution >= 4 is 0 Å². The number of alkyl halides is 3. The van der Waals surface area contributed by atoms with Gasteiger partial charge in [-0.05, 0) is 6.07 Å². The maximum Gasteiger partial charge on any atom is 0.416 e. The summed E-state index contributed by atoms with van der Waals surface area (Å²) in [5.74, 6) is 5.39. The molecule has 2 heterocycles. The highest BCUT2D eigenvalue weighted by Gasteiger charge is 2.36. The number of hydrazine groups is 1. The summed E-state index contributed by atoms with van der Waals surface area (Å²) in [6, 6.07) is 0.0913. The van der Waals surface area contributed by atoms with Crippen LogP contribution in [0.2, 0.25) is 0 Å². The molecule has 0 fully saturated rings. The molecule has 2 aromatic heterocycles. The normalized spacial score (nSPS) is 13.5. The van der Waals surface area contributed by atoms with Gasteiger partial charge in [0.25, 0.3) is 0 Å². The van der Waals surface area contributed by atoms with Gasteiger partial charge in [-0.2, -0.15) is 13.2 Å². The standard InChI is InChI=1S/C11H12F3N5/c1-19-6-17-5-9(19)10(18-15)7-4-16-3-2-8(7)11(12,13)14/h2-6,10,18H,15H2,1H3. The Bertz CT molecular complexity index is 563. The lowest BCUT2D eigenvalue weighted by molar-refractivity contribution is -0.138. The summed E-state index contributed by atoms with van der Waals surface area (Å²) in [7, 11) is 1.68. The first-order chi connectivity index (χ1) is 8.95. The van der Waals surface area contributed by atoms with E-state index in [-0.39, 0.29) is 5.56 Å². The molecular formula is C11H12F3N5. The number of nitrogens with zero attached hydrogens (tertiary/aromatic N) is 3. The fourth-order valence-corrected chi connectivity index (χ4v) is 1.87. The summed E-state index contributed by atoms with van der Waals surface area (Å²) in [5, 5.41) is 0. The summed E-state index contributed by atoms with van der Waals surface area (Å²) in [6.45, 7) is 0. The molecular weight excluding hydrogens is 259 g/mol. The Morgan fingerprint density at radius 2 is 2.05 bits per heavy atom. The fourth-order valence-electron chi connectivity index (χ4n) is 1.87. The summed E-state index contributed by atoms with van der Waals surface area (Å²) < 4.78 is 40.5. The number of hydrogen-bond acceptors (Lipinski definition) is 4. The number of aromatic nitrogens is 3. The van der Waals surface area contributed by atoms with Crippen molar-refractivity contribution in [3.63, 3.8) is 0 Å². The minimum absolute atomic E-state index is 0.0406. The van der Waals surface area contributed by atoms with E-state index in [1.54, 1.807) is 11.6 Å². The van der Waals surface area contributed by atoms with Gasteiger partial charge in [0.05, 0.1) is 29.8 Å². The number of halogens is 3. The van der Waals surface area contributed by atoms with Crippen molar-refractivity contribution < 1.29 is 13.2 Å². The Morgan fingerprint density at radius 3 is 2.58 bits per heavy atom. The van der Waals surface area contributed by atoms with Gasteiger partial charge in [0.2, 0.25) is 0 Å². The highest BCUT2D eigenvalue weighted by Crippen LogP contribution is 2.35. The van der Waals surface area contributed by atoms with E-state index >= 15 is 0 Å². The monoisotopic (exact) mass is 271 g/mol. The van der Waals surface area contributed by atoms with Gasteiger partial charge in [0, 0.05) is 25.0 Å². The van der Waals surface area contributed by atoms with Crippen LogP contribution < -0.4 is 11.3 Å². The van der Waals surface area contributed by atoms with Crippen LogP contribution in [-0.4, -0.2) is 14.5 Å². The topological polar surface area (TPSA) is 68.8 Å². The number of pyridine rings is 1. The van der Waals surface area contributed by atoms with Gasteiger partial charge < -0.3 is 4.57 Å². The second-order valence-corrected chi connectivity index (χ2v) is 3.99. The number of imidazole rings is 1. The van der Waals surface area contributed by atoms with E-state index < -0.39 is 17.8 Å². The molecule has 0 aromatic carbocycles. The molecule has 102 valence electrons. The van der Waals surface area contributed by atoms with Crippen LogP contribution >= 0.6 is 0 Å². The molecule has 0 aliphatic carbocycles. The van der Waals surface area contributed by atoms with Crippen molar-refractivity contribution in [2.45, 2.75) is 12.2 Å². The van der Waals surface area contributed by atoms with Crippen LogP contribution in [0.3, 0.4) is 0 Å². The van der Waals surface area contributed by atoms with Crippen LogP contribution in [0, 0.1) is 0 Å². The Morgan fingerprint density at radius 1 is 1.32 bits per heavy atom. The molecule has 0 radical (unpaired) electrons. The fraction of sp³-hybridized carbons (Fsp3) is 0.273. The van der Waals surface area contributed by atoms with Gasteiger partial charge in [-0.15, -0.1) is 0 Å². The lowest BCUT2D eigenvalue weighted by atomic mass is 10.0. The van der Waals surface area contributed by atoms with E-state index in [4.69, 9.17) is 5.84 Å². The molecule has 0 saturated carbocycles. The Labute approximate surface area is 107 Å². The van der Waals surface area contributed by atoms with Gasteiger partial charge in [-0.3, -0.25) is 10.8 Å². The van der Waals surface area contributed by atoms with Crippen LogP contribution in [0.15, 0.2) is 31.0 Å². The van der Waals surface area contributed by atoms with Crippen LogP contribution in [0.1, 0.15) is 22.9 Å². The molecule has 0 aliphatic rings. The van der Waals surface area contributed by atoms with Crippen molar-refractivity contribution in [3.8, 4) is 0 Å². The number of nitrogens with two attached hydrogens (primary N) is 1. The van der Waals surface area contributed by atoms with Crippen molar-refractivity contribution in [2.24, 2.45) is 12.9 Å². The lowest BCUT2D eigenvalue weighted by Crippen LogP contribution is -2.32. The molecule has 0 saturated heterocycles. The number of aryl methyl sites for hydroxylation is 1. The third-order valence-corrected chi connectivity index (χ3v) is 2.78. The zero-order valence-electron chi connectivity index (χ0n) is 10.0. The first-order valence-electron chi connectivity index (χ1n) is 5.38. The van der Waals surface area contributed by atoms with Crippen LogP contribution in [0.25, 0.3) is 0 Å². The van der Waals surface area contributed by atoms with Crippen LogP contribution in [0.5, 0.6) is 0 Å². The Kier molecular flexibility index (Phi) is 3.54. The first kappa shape index (κ1) is 13.5. The molecule has 19 heavy (non-hydrogen) atoms. The van der Waals surface area contributed by atoms with E-state index in [1.165, 1.54) is 12.5 Å². The third-order valence-electron chi connectivity index (χ3n) is 2.78. The van der Waals surface area contributed by atoms with E-state index in [9.17, 15) is 13.2 Å². The molecule has 2 aromatic rings. The zero-order valence-corrected chi connectivity index (χ0v) is 10.0. The van der Waals surface area contributed by atoms with Crippen molar-refractivity contribution in [3.05, 3.63) is 47.8 Å². The molecule has 0 amide bonds. The predicted octanol–water partition coefficient (Wildman–Crippen LogP) is 1.39. The summed E-state index contributed by atoms with van der Waals surface area (Å²) in [4.78, 5) is 7.62. The highest BCUT2D eigenvalue weighted by molar-refractivity contribution is 5.34. The second-order valence-electron chi connectivity index (χ2n) is 3.99. The minimum Gasteiger partial charge on any atom is -0.336 e. The second kappa shape index (κ2) is 4.98. The van der Waals surface area contributed by atoms with E-state index in [1.807, 2.05) is 0 Å². The Hall–Kier alpha value is -1.93. The third kappa shape index (κ3) is 2.59. The number of hydrogen-bond donors (Lipinski definition) is 2. The molecule has 0 spiro atoms. The summed E-state index contributed by atoms with van der Waals surface area (Å²) >= 11 is 0. The van der Waals surface area contributed by atoms with Gasteiger partial charge in [0.1, 0.15) is 0 Å². The average molecular weight is 271 g/mol. The smallest absolute Gasteiger partial charge is 0.336 e. The molecule has 1 atom stereocenters. The van der Waals surface area contributed by atoms with Gasteiger partial charge >= 0.3 is 6.18 Å². The number of nitrogens with one attached hydrogen (secondary N) is 1. The SMILES string of the molecule is Cn1cncc1C(NN)c1cnccc1C(F)(F)F. The van der Waals surface area contributed by atoms with Crippen LogP contribution in [0.4, 0.5) is 13.2 Å². The molecule has 5 nitrogen and oxygen atoms in total. The maximum atomic E-state index is 13.0. The van der Waals surface area contributed by atoms with Gasteiger partial charge in [-0.25, -0.2) is 10.4 Å². The summed E-state index contributed by atoms with van der Waals surface area (Å²) in [5.41, 5.74) is 2.08. The zero-order chi connectivity index (χ0) is 14.0. The van der Waals surface area contributed by atoms with E-state index in [0.717, 1.165) is 18.5 Å². The molecule has 0 bridgehead atoms. The summed E-state index contributed by atoms with van der Waals surface area (Å²) in [6.07, 6.45) is 0.733. The van der Waals surface area contributed by atoms with Gasteiger partial charge in [0.15, 0.2) is 0 Å². The largest absolute Gasteiger partial charge is 0.416 e. The Balaban J connectivity index is 2.54. The van der Waals surface area contributed by atoms with Crippen molar-refractivity contribution in [1.82, 2.24) is 20.0 Å². The minimum atomic E-state index is -4.47. The quantitative estimate of drug-likeness (QED) is 0.654. The van der Waals surface area contributed by atoms with Gasteiger partial charge in [-0.1, -0.05) is 0 Å². The number of rotatable bonds is 3. The molecule has 1 unspecified atom stereocenters. The average Bonchev–Trinajstić information content (AvgIpc) is 2.76. The predicted molar refractivity (Wildman–Crippen MR) is 61.6 cm³/mol.